The molecule has 0 heterocycles. The standard InChI is InChI=1S/C19H17F3N2O2/c1-3-11-24(13-14-5-4-6-15(12-14)19(20,21)22)17-9-7-16(8-10-17)23-18(25)26-2/h1,4-10,12H,11,13H2,2H3,(H,23,25). The zero-order valence-corrected chi connectivity index (χ0v) is 14.0. The summed E-state index contributed by atoms with van der Waals surface area (Å²) in [5, 5.41) is 2.52. The van der Waals surface area contributed by atoms with Crippen molar-refractivity contribution in [2.24, 2.45) is 0 Å². The predicted molar refractivity (Wildman–Crippen MR) is 93.8 cm³/mol. The summed E-state index contributed by atoms with van der Waals surface area (Å²) in [4.78, 5) is 13.0. The minimum atomic E-state index is -4.39. The van der Waals surface area contributed by atoms with Crippen LogP contribution in [0.5, 0.6) is 0 Å². The van der Waals surface area contributed by atoms with Crippen molar-refractivity contribution in [2.75, 3.05) is 23.9 Å². The molecule has 0 bridgehead atoms. The first kappa shape index (κ1) is 19.2. The number of halogens is 3. The second-order valence-electron chi connectivity index (χ2n) is 5.42. The molecule has 7 heteroatoms. The molecule has 0 unspecified atom stereocenters. The third kappa shape index (κ3) is 5.18. The zero-order valence-electron chi connectivity index (χ0n) is 14.0. The van der Waals surface area contributed by atoms with Gasteiger partial charge in [0.1, 0.15) is 0 Å². The minimum absolute atomic E-state index is 0.220. The number of carbonyl (C=O) groups excluding carboxylic acids is 1. The Bertz CT molecular complexity index is 796. The number of ether oxygens (including phenoxy) is 1. The predicted octanol–water partition coefficient (Wildman–Crippen LogP) is 4.52. The van der Waals surface area contributed by atoms with Gasteiger partial charge in [0.05, 0.1) is 19.2 Å². The van der Waals surface area contributed by atoms with Gasteiger partial charge >= 0.3 is 12.3 Å². The number of benzene rings is 2. The molecule has 0 spiro atoms. The van der Waals surface area contributed by atoms with E-state index in [4.69, 9.17) is 6.42 Å². The van der Waals surface area contributed by atoms with Gasteiger partial charge in [-0.05, 0) is 42.0 Å². The number of nitrogens with one attached hydrogen (secondary N) is 1. The Hall–Kier alpha value is -3.14. The number of anilines is 2. The average Bonchev–Trinajstić information content (AvgIpc) is 2.61. The number of hydrogen-bond acceptors (Lipinski definition) is 3. The van der Waals surface area contributed by atoms with E-state index in [2.05, 4.69) is 16.0 Å². The Balaban J connectivity index is 2.19. The minimum Gasteiger partial charge on any atom is -0.453 e. The number of alkyl halides is 3. The molecular formula is C19H17F3N2O2. The molecule has 0 fully saturated rings. The second kappa shape index (κ2) is 8.30. The first-order chi connectivity index (χ1) is 12.3. The fourth-order valence-electron chi connectivity index (χ4n) is 2.34. The van der Waals surface area contributed by atoms with Crippen LogP contribution in [0.25, 0.3) is 0 Å². The Morgan fingerprint density at radius 3 is 2.50 bits per heavy atom. The number of rotatable bonds is 5. The van der Waals surface area contributed by atoms with Crippen molar-refractivity contribution in [3.05, 3.63) is 59.7 Å². The number of hydrogen-bond donors (Lipinski definition) is 1. The molecule has 0 saturated carbocycles. The summed E-state index contributed by atoms with van der Waals surface area (Å²) < 4.78 is 43.1. The highest BCUT2D eigenvalue weighted by Crippen LogP contribution is 2.30. The monoisotopic (exact) mass is 362 g/mol. The topological polar surface area (TPSA) is 41.6 Å². The molecule has 0 aliphatic heterocycles. The lowest BCUT2D eigenvalue weighted by Gasteiger charge is -2.23. The van der Waals surface area contributed by atoms with Crippen molar-refractivity contribution >= 4 is 17.5 Å². The van der Waals surface area contributed by atoms with Crippen LogP contribution < -0.4 is 10.2 Å². The van der Waals surface area contributed by atoms with Gasteiger partial charge in [0.25, 0.3) is 0 Å². The first-order valence-corrected chi connectivity index (χ1v) is 7.63. The number of amides is 1. The van der Waals surface area contributed by atoms with E-state index in [0.717, 1.165) is 17.8 Å². The number of methoxy groups -OCH3 is 1. The van der Waals surface area contributed by atoms with Gasteiger partial charge < -0.3 is 9.64 Å². The lowest BCUT2D eigenvalue weighted by atomic mass is 10.1. The smallest absolute Gasteiger partial charge is 0.416 e. The van der Waals surface area contributed by atoms with Crippen LogP contribution in [0.15, 0.2) is 48.5 Å². The van der Waals surface area contributed by atoms with Crippen LogP contribution in [0.4, 0.5) is 29.3 Å². The highest BCUT2D eigenvalue weighted by molar-refractivity contribution is 5.84. The van der Waals surface area contributed by atoms with Gasteiger partial charge in [-0.2, -0.15) is 13.2 Å². The molecule has 1 N–H and O–H groups in total. The fraction of sp³-hybridized carbons (Fsp3) is 0.211. The van der Waals surface area contributed by atoms with E-state index >= 15 is 0 Å². The summed E-state index contributed by atoms with van der Waals surface area (Å²) in [6, 6.07) is 11.9. The van der Waals surface area contributed by atoms with Gasteiger partial charge in [0.2, 0.25) is 0 Å². The molecule has 2 rings (SSSR count). The van der Waals surface area contributed by atoms with Crippen molar-refractivity contribution < 1.29 is 22.7 Å². The van der Waals surface area contributed by atoms with Crippen LogP contribution in [0.2, 0.25) is 0 Å². The van der Waals surface area contributed by atoms with Crippen molar-refractivity contribution in [1.29, 1.82) is 0 Å². The molecule has 26 heavy (non-hydrogen) atoms. The van der Waals surface area contributed by atoms with Crippen molar-refractivity contribution in [3.63, 3.8) is 0 Å². The van der Waals surface area contributed by atoms with Gasteiger partial charge in [-0.3, -0.25) is 5.32 Å². The Morgan fingerprint density at radius 2 is 1.92 bits per heavy atom. The van der Waals surface area contributed by atoms with E-state index in [9.17, 15) is 18.0 Å². The van der Waals surface area contributed by atoms with E-state index in [-0.39, 0.29) is 13.1 Å². The first-order valence-electron chi connectivity index (χ1n) is 7.63. The lowest BCUT2D eigenvalue weighted by Crippen LogP contribution is -2.23. The van der Waals surface area contributed by atoms with Crippen molar-refractivity contribution in [1.82, 2.24) is 0 Å². The maximum atomic E-state index is 12.9. The van der Waals surface area contributed by atoms with Crippen molar-refractivity contribution in [3.8, 4) is 12.3 Å². The SMILES string of the molecule is C#CCN(Cc1cccc(C(F)(F)F)c1)c1ccc(NC(=O)OC)cc1. The van der Waals surface area contributed by atoms with E-state index in [1.807, 2.05) is 0 Å². The largest absolute Gasteiger partial charge is 0.453 e. The molecule has 0 aromatic heterocycles. The molecule has 2 aromatic rings. The summed E-state index contributed by atoms with van der Waals surface area (Å²) >= 11 is 0. The highest BCUT2D eigenvalue weighted by Gasteiger charge is 2.30. The van der Waals surface area contributed by atoms with Gasteiger partial charge in [0, 0.05) is 17.9 Å². The van der Waals surface area contributed by atoms with Gasteiger partial charge in [0.15, 0.2) is 0 Å². The highest BCUT2D eigenvalue weighted by atomic mass is 19.4. The normalized spacial score (nSPS) is 10.7. The van der Waals surface area contributed by atoms with Gasteiger partial charge in [-0.15, -0.1) is 6.42 Å². The average molecular weight is 362 g/mol. The van der Waals surface area contributed by atoms with Gasteiger partial charge in [-0.25, -0.2) is 4.79 Å². The molecule has 0 saturated heterocycles. The molecular weight excluding hydrogens is 345 g/mol. The zero-order chi connectivity index (χ0) is 19.2. The Labute approximate surface area is 149 Å². The number of carbonyl (C=O) groups is 1. The van der Waals surface area contributed by atoms with Crippen LogP contribution >= 0.6 is 0 Å². The lowest BCUT2D eigenvalue weighted by molar-refractivity contribution is -0.137. The van der Waals surface area contributed by atoms with E-state index in [1.165, 1.54) is 13.2 Å². The summed E-state index contributed by atoms with van der Waals surface area (Å²) in [5.41, 5.74) is 1.04. The summed E-state index contributed by atoms with van der Waals surface area (Å²) in [6.45, 7) is 0.442. The van der Waals surface area contributed by atoms with Gasteiger partial charge in [-0.1, -0.05) is 18.1 Å². The quantitative estimate of drug-likeness (QED) is 0.795. The molecule has 2 aromatic carbocycles. The van der Waals surface area contributed by atoms with Crippen LogP contribution in [0.3, 0.4) is 0 Å². The second-order valence-corrected chi connectivity index (χ2v) is 5.42. The number of terminal acetylenes is 1. The van der Waals surface area contributed by atoms with E-state index in [0.29, 0.717) is 11.3 Å². The summed E-state index contributed by atoms with van der Waals surface area (Å²) in [5.74, 6) is 2.50. The molecule has 0 atom stereocenters. The van der Waals surface area contributed by atoms with Crippen LogP contribution in [-0.4, -0.2) is 19.7 Å². The van der Waals surface area contributed by atoms with E-state index < -0.39 is 17.8 Å². The molecule has 0 aliphatic rings. The number of nitrogens with zero attached hydrogens (tertiary/aromatic N) is 1. The van der Waals surface area contributed by atoms with Crippen LogP contribution in [0, 0.1) is 12.3 Å². The summed E-state index contributed by atoms with van der Waals surface area (Å²) in [7, 11) is 1.26. The maximum Gasteiger partial charge on any atom is 0.416 e. The van der Waals surface area contributed by atoms with Crippen molar-refractivity contribution in [2.45, 2.75) is 12.7 Å². The fourth-order valence-corrected chi connectivity index (χ4v) is 2.34. The molecule has 136 valence electrons. The van der Waals surface area contributed by atoms with Crippen LogP contribution in [-0.2, 0) is 17.5 Å². The third-order valence-electron chi connectivity index (χ3n) is 3.57. The summed E-state index contributed by atoms with van der Waals surface area (Å²) in [6.07, 6.45) is 0.398. The molecule has 0 radical (unpaired) electrons. The Morgan fingerprint density at radius 1 is 1.23 bits per heavy atom. The molecule has 0 aliphatic carbocycles. The Kier molecular flexibility index (Phi) is 6.12. The van der Waals surface area contributed by atoms with Crippen LogP contribution in [0.1, 0.15) is 11.1 Å². The maximum absolute atomic E-state index is 12.9. The van der Waals surface area contributed by atoms with E-state index in [1.54, 1.807) is 35.2 Å². The third-order valence-corrected chi connectivity index (χ3v) is 3.57. The molecule has 1 amide bonds. The molecule has 4 nitrogen and oxygen atoms in total.